The third kappa shape index (κ3) is 5.07. The second-order valence-electron chi connectivity index (χ2n) is 5.50. The number of nitrogens with one attached hydrogen (secondary N) is 1. The number of carbonyl (C=O) groups is 2. The van der Waals surface area contributed by atoms with Crippen LogP contribution in [-0.4, -0.2) is 62.4 Å². The molecule has 1 heterocycles. The molecule has 20 heavy (non-hydrogen) atoms. The minimum absolute atomic E-state index is 0.115. The second kappa shape index (κ2) is 6.51. The maximum atomic E-state index is 13.4. The van der Waals surface area contributed by atoms with E-state index in [0.29, 0.717) is 0 Å². The Bertz CT molecular complexity index is 478. The number of rotatable bonds is 5. The molecule has 116 valence electrons. The van der Waals surface area contributed by atoms with E-state index in [1.807, 2.05) is 0 Å². The van der Waals surface area contributed by atoms with Gasteiger partial charge in [0.1, 0.15) is 11.9 Å². The highest BCUT2D eigenvalue weighted by atomic mass is 32.2. The number of halogens is 1. The summed E-state index contributed by atoms with van der Waals surface area (Å²) in [7, 11) is -3.45. The molecule has 2 atom stereocenters. The van der Waals surface area contributed by atoms with E-state index in [-0.39, 0.29) is 31.3 Å². The zero-order chi connectivity index (χ0) is 15.5. The van der Waals surface area contributed by atoms with Gasteiger partial charge >= 0.3 is 0 Å². The number of sulfone groups is 1. The number of amides is 2. The van der Waals surface area contributed by atoms with Gasteiger partial charge in [-0.05, 0) is 0 Å². The maximum absolute atomic E-state index is 13.4. The van der Waals surface area contributed by atoms with Crippen molar-refractivity contribution in [3.63, 3.8) is 0 Å². The molecule has 0 bridgehead atoms. The van der Waals surface area contributed by atoms with Gasteiger partial charge in [-0.2, -0.15) is 0 Å². The van der Waals surface area contributed by atoms with Gasteiger partial charge in [0.05, 0.1) is 12.6 Å². The third-order valence-corrected chi connectivity index (χ3v) is 3.88. The molecule has 0 unspecified atom stereocenters. The summed E-state index contributed by atoms with van der Waals surface area (Å²) in [5.74, 6) is -1.62. The van der Waals surface area contributed by atoms with Crippen LogP contribution in [0.25, 0.3) is 0 Å². The molecule has 8 heteroatoms. The van der Waals surface area contributed by atoms with Gasteiger partial charge in [0.15, 0.2) is 9.84 Å². The zero-order valence-electron chi connectivity index (χ0n) is 11.9. The van der Waals surface area contributed by atoms with Crippen LogP contribution in [0.2, 0.25) is 0 Å². The van der Waals surface area contributed by atoms with E-state index in [9.17, 15) is 22.4 Å². The molecule has 0 spiro atoms. The standard InChI is InChI=1S/C12H21FN2O4S/c1-8(2)12(17)14-5-10-4-9(13)6-15(10)11(16)7-20(3,18)19/h8-10H,4-7H2,1-3H3,(H,14,17)/t9-,10-/m0/s1. The maximum Gasteiger partial charge on any atom is 0.238 e. The van der Waals surface area contributed by atoms with Gasteiger partial charge in [0.2, 0.25) is 11.8 Å². The fourth-order valence-corrected chi connectivity index (χ4v) is 2.70. The normalized spacial score (nSPS) is 23.1. The lowest BCUT2D eigenvalue weighted by Crippen LogP contribution is -2.45. The van der Waals surface area contributed by atoms with Crippen molar-refractivity contribution in [2.24, 2.45) is 5.92 Å². The second-order valence-corrected chi connectivity index (χ2v) is 7.64. The van der Waals surface area contributed by atoms with E-state index < -0.39 is 33.7 Å². The number of hydrogen-bond acceptors (Lipinski definition) is 4. The minimum Gasteiger partial charge on any atom is -0.354 e. The van der Waals surface area contributed by atoms with Crippen molar-refractivity contribution in [2.75, 3.05) is 25.1 Å². The Hall–Kier alpha value is -1.18. The Morgan fingerprint density at radius 3 is 2.50 bits per heavy atom. The Morgan fingerprint density at radius 2 is 2.00 bits per heavy atom. The highest BCUT2D eigenvalue weighted by Crippen LogP contribution is 2.20. The van der Waals surface area contributed by atoms with Crippen molar-refractivity contribution < 1.29 is 22.4 Å². The molecule has 0 saturated carbocycles. The van der Waals surface area contributed by atoms with Gasteiger partial charge in [-0.25, -0.2) is 12.8 Å². The van der Waals surface area contributed by atoms with Crippen LogP contribution in [0.15, 0.2) is 0 Å². The first kappa shape index (κ1) is 16.9. The van der Waals surface area contributed by atoms with Gasteiger partial charge in [-0.3, -0.25) is 9.59 Å². The van der Waals surface area contributed by atoms with Gasteiger partial charge in [0.25, 0.3) is 0 Å². The fourth-order valence-electron chi connectivity index (χ4n) is 2.09. The lowest BCUT2D eigenvalue weighted by Gasteiger charge is -2.24. The van der Waals surface area contributed by atoms with E-state index in [4.69, 9.17) is 0 Å². The van der Waals surface area contributed by atoms with E-state index in [1.165, 1.54) is 4.90 Å². The van der Waals surface area contributed by atoms with Crippen LogP contribution in [0.3, 0.4) is 0 Å². The molecule has 1 aliphatic heterocycles. The quantitative estimate of drug-likeness (QED) is 0.758. The molecular weight excluding hydrogens is 287 g/mol. The molecule has 1 saturated heterocycles. The van der Waals surface area contributed by atoms with Crippen molar-refractivity contribution in [2.45, 2.75) is 32.5 Å². The number of alkyl halides is 1. The largest absolute Gasteiger partial charge is 0.354 e. The Balaban J connectivity index is 2.64. The first-order valence-electron chi connectivity index (χ1n) is 6.49. The summed E-state index contributed by atoms with van der Waals surface area (Å²) in [5.41, 5.74) is 0. The third-order valence-electron chi connectivity index (χ3n) is 3.11. The summed E-state index contributed by atoms with van der Waals surface area (Å²) in [6, 6.07) is -0.484. The molecular formula is C12H21FN2O4S. The molecule has 2 amide bonds. The average Bonchev–Trinajstić information content (AvgIpc) is 2.65. The van der Waals surface area contributed by atoms with Crippen LogP contribution >= 0.6 is 0 Å². The van der Waals surface area contributed by atoms with Crippen molar-refractivity contribution in [3.8, 4) is 0 Å². The molecule has 0 aromatic carbocycles. The van der Waals surface area contributed by atoms with E-state index >= 15 is 0 Å². The summed E-state index contributed by atoms with van der Waals surface area (Å²) in [6.07, 6.45) is -0.100. The Kier molecular flexibility index (Phi) is 5.50. The lowest BCUT2D eigenvalue weighted by molar-refractivity contribution is -0.130. The van der Waals surface area contributed by atoms with Crippen LogP contribution in [0.1, 0.15) is 20.3 Å². The molecule has 6 nitrogen and oxygen atoms in total. The monoisotopic (exact) mass is 308 g/mol. The molecule has 1 rings (SSSR count). The average molecular weight is 308 g/mol. The summed E-state index contributed by atoms with van der Waals surface area (Å²) >= 11 is 0. The van der Waals surface area contributed by atoms with Gasteiger partial charge in [0, 0.05) is 25.1 Å². The van der Waals surface area contributed by atoms with Gasteiger partial charge in [-0.15, -0.1) is 0 Å². The van der Waals surface area contributed by atoms with E-state index in [1.54, 1.807) is 13.8 Å². The zero-order valence-corrected chi connectivity index (χ0v) is 12.7. The van der Waals surface area contributed by atoms with Crippen molar-refractivity contribution >= 4 is 21.7 Å². The number of nitrogens with zero attached hydrogens (tertiary/aromatic N) is 1. The summed E-state index contributed by atoms with van der Waals surface area (Å²) in [5, 5.41) is 2.64. The van der Waals surface area contributed by atoms with Crippen LogP contribution in [-0.2, 0) is 19.4 Å². The van der Waals surface area contributed by atoms with Crippen molar-refractivity contribution in [1.82, 2.24) is 10.2 Å². The predicted octanol–water partition coefficient (Wildman–Crippen LogP) is -0.258. The summed E-state index contributed by atoms with van der Waals surface area (Å²) < 4.78 is 35.7. The fraction of sp³-hybridized carbons (Fsp3) is 0.833. The van der Waals surface area contributed by atoms with Crippen molar-refractivity contribution in [3.05, 3.63) is 0 Å². The number of likely N-dealkylation sites (tertiary alicyclic amines) is 1. The molecule has 1 fully saturated rings. The lowest BCUT2D eigenvalue weighted by atomic mass is 10.1. The summed E-state index contributed by atoms with van der Waals surface area (Å²) in [4.78, 5) is 24.6. The smallest absolute Gasteiger partial charge is 0.238 e. The van der Waals surface area contributed by atoms with E-state index in [2.05, 4.69) is 5.32 Å². The molecule has 0 aromatic rings. The molecule has 1 aliphatic rings. The number of hydrogen-bond donors (Lipinski definition) is 1. The van der Waals surface area contributed by atoms with Gasteiger partial charge < -0.3 is 10.2 Å². The molecule has 1 N–H and O–H groups in total. The first-order valence-corrected chi connectivity index (χ1v) is 8.55. The van der Waals surface area contributed by atoms with Crippen molar-refractivity contribution in [1.29, 1.82) is 0 Å². The first-order chi connectivity index (χ1) is 9.10. The van der Waals surface area contributed by atoms with Crippen LogP contribution < -0.4 is 5.32 Å². The molecule has 0 aromatic heterocycles. The van der Waals surface area contributed by atoms with Crippen LogP contribution in [0.4, 0.5) is 4.39 Å². The molecule has 0 radical (unpaired) electrons. The Labute approximate surface area is 118 Å². The SMILES string of the molecule is CC(C)C(=O)NC[C@@H]1C[C@H](F)CN1C(=O)CS(C)(=O)=O. The van der Waals surface area contributed by atoms with Gasteiger partial charge in [-0.1, -0.05) is 13.8 Å². The summed E-state index contributed by atoms with van der Waals surface area (Å²) in [6.45, 7) is 3.49. The van der Waals surface area contributed by atoms with Crippen LogP contribution in [0.5, 0.6) is 0 Å². The minimum atomic E-state index is -3.45. The van der Waals surface area contributed by atoms with Crippen LogP contribution in [0, 0.1) is 5.92 Å². The number of carbonyl (C=O) groups excluding carboxylic acids is 2. The molecule has 0 aliphatic carbocycles. The predicted molar refractivity (Wildman–Crippen MR) is 72.6 cm³/mol. The highest BCUT2D eigenvalue weighted by molar-refractivity contribution is 7.91. The van der Waals surface area contributed by atoms with E-state index in [0.717, 1.165) is 6.26 Å². The topological polar surface area (TPSA) is 83.6 Å². The highest BCUT2D eigenvalue weighted by Gasteiger charge is 2.36. The Morgan fingerprint density at radius 1 is 1.40 bits per heavy atom.